The summed E-state index contributed by atoms with van der Waals surface area (Å²) in [6.45, 7) is -0.00331. The normalized spacial score (nSPS) is 14.5. The summed E-state index contributed by atoms with van der Waals surface area (Å²) in [7, 11) is 0. The highest BCUT2D eigenvalue weighted by molar-refractivity contribution is 5.72. The first-order valence-corrected chi connectivity index (χ1v) is 10.8. The lowest BCUT2D eigenvalue weighted by Crippen LogP contribution is -2.21. The van der Waals surface area contributed by atoms with Crippen LogP contribution in [0.25, 0.3) is 11.3 Å². The van der Waals surface area contributed by atoms with E-state index in [0.717, 1.165) is 5.56 Å². The topological polar surface area (TPSA) is 140 Å². The molecule has 1 atom stereocenters. The summed E-state index contributed by atoms with van der Waals surface area (Å²) in [6, 6.07) is 21.3. The van der Waals surface area contributed by atoms with Gasteiger partial charge in [0.15, 0.2) is 0 Å². The highest BCUT2D eigenvalue weighted by Gasteiger charge is 2.38. The molecule has 178 valence electrons. The number of nitro groups is 1. The van der Waals surface area contributed by atoms with E-state index in [1.54, 1.807) is 12.1 Å². The number of nitriles is 1. The molecule has 4 aromatic rings. The van der Waals surface area contributed by atoms with E-state index < -0.39 is 16.7 Å². The van der Waals surface area contributed by atoms with E-state index in [0.29, 0.717) is 22.4 Å². The van der Waals surface area contributed by atoms with E-state index in [2.05, 4.69) is 16.3 Å². The van der Waals surface area contributed by atoms with Gasteiger partial charge in [-0.05, 0) is 29.3 Å². The number of non-ortho nitro benzene ring substituents is 1. The molecule has 1 aromatic heterocycles. The molecule has 0 spiro atoms. The van der Waals surface area contributed by atoms with Crippen molar-refractivity contribution in [1.29, 1.82) is 5.26 Å². The number of nitrogens with two attached hydrogens (primary N) is 1. The number of hydrogen-bond donors (Lipinski definition) is 2. The van der Waals surface area contributed by atoms with Crippen molar-refractivity contribution in [3.63, 3.8) is 0 Å². The Morgan fingerprint density at radius 2 is 1.97 bits per heavy atom. The third-order valence-electron chi connectivity index (χ3n) is 5.80. The lowest BCUT2D eigenvalue weighted by molar-refractivity contribution is -0.384. The summed E-state index contributed by atoms with van der Waals surface area (Å²) in [5.41, 5.74) is 8.64. The van der Waals surface area contributed by atoms with E-state index in [4.69, 9.17) is 15.2 Å². The summed E-state index contributed by atoms with van der Waals surface area (Å²) in [5.74, 6) is -1.04. The fourth-order valence-corrected chi connectivity index (χ4v) is 4.18. The number of nitro benzene ring substituents is 1. The molecule has 0 radical (unpaired) electrons. The van der Waals surface area contributed by atoms with Gasteiger partial charge in [0, 0.05) is 17.7 Å². The molecule has 0 saturated carbocycles. The maximum atomic E-state index is 13.7. The monoisotopic (exact) mass is 483 g/mol. The number of H-pyrrole nitrogens is 1. The van der Waals surface area contributed by atoms with Crippen LogP contribution in [0.3, 0.4) is 0 Å². The van der Waals surface area contributed by atoms with Crippen LogP contribution in [0.15, 0.2) is 84.3 Å². The SMILES string of the molecule is N#CC1=C(N)Oc2n[nH]c(-c3ccccc3)c2[C@H]1c1cc([N+](=O)[O-])ccc1OCc1cccc(F)c1. The van der Waals surface area contributed by atoms with E-state index in [1.807, 2.05) is 30.3 Å². The van der Waals surface area contributed by atoms with Gasteiger partial charge in [0.05, 0.1) is 22.1 Å². The molecule has 10 heteroatoms. The fourth-order valence-electron chi connectivity index (χ4n) is 4.18. The van der Waals surface area contributed by atoms with Crippen molar-refractivity contribution in [2.45, 2.75) is 12.5 Å². The highest BCUT2D eigenvalue weighted by Crippen LogP contribution is 2.48. The molecule has 9 nitrogen and oxygen atoms in total. The Hall–Kier alpha value is -5.17. The number of hydrogen-bond acceptors (Lipinski definition) is 7. The van der Waals surface area contributed by atoms with E-state index in [1.165, 1.54) is 30.3 Å². The summed E-state index contributed by atoms with van der Waals surface area (Å²) in [4.78, 5) is 11.1. The van der Waals surface area contributed by atoms with Crippen LogP contribution in [0.1, 0.15) is 22.6 Å². The second-order valence-electron chi connectivity index (χ2n) is 8.01. The number of fused-ring (bicyclic) bond motifs is 1. The van der Waals surface area contributed by atoms with Gasteiger partial charge in [-0.25, -0.2) is 4.39 Å². The van der Waals surface area contributed by atoms with Crippen LogP contribution < -0.4 is 15.2 Å². The number of nitrogens with one attached hydrogen (secondary N) is 1. The van der Waals surface area contributed by atoms with Crippen LogP contribution in [0.4, 0.5) is 10.1 Å². The smallest absolute Gasteiger partial charge is 0.270 e. The number of halogens is 1. The first-order chi connectivity index (χ1) is 17.5. The minimum Gasteiger partial charge on any atom is -0.489 e. The van der Waals surface area contributed by atoms with Crippen LogP contribution in [0.5, 0.6) is 11.6 Å². The third kappa shape index (κ3) is 4.10. The van der Waals surface area contributed by atoms with Gasteiger partial charge in [0.2, 0.25) is 11.8 Å². The number of ether oxygens (including phenoxy) is 2. The number of benzene rings is 3. The molecule has 3 N–H and O–H groups in total. The van der Waals surface area contributed by atoms with Crippen LogP contribution >= 0.6 is 0 Å². The Labute approximate surface area is 204 Å². The molecule has 5 rings (SSSR count). The Bertz CT molecular complexity index is 1540. The predicted octanol–water partition coefficient (Wildman–Crippen LogP) is 4.92. The van der Waals surface area contributed by atoms with Crippen molar-refractivity contribution in [2.75, 3.05) is 0 Å². The van der Waals surface area contributed by atoms with Gasteiger partial charge < -0.3 is 15.2 Å². The van der Waals surface area contributed by atoms with E-state index in [9.17, 15) is 19.8 Å². The molecule has 1 aliphatic rings. The maximum absolute atomic E-state index is 13.7. The lowest BCUT2D eigenvalue weighted by Gasteiger charge is -2.25. The molecule has 2 heterocycles. The Morgan fingerprint density at radius 1 is 1.17 bits per heavy atom. The Kier molecular flexibility index (Phi) is 5.80. The fraction of sp³-hybridized carbons (Fsp3) is 0.0769. The molecule has 0 unspecified atom stereocenters. The largest absolute Gasteiger partial charge is 0.489 e. The quantitative estimate of drug-likeness (QED) is 0.293. The minimum atomic E-state index is -0.880. The van der Waals surface area contributed by atoms with E-state index in [-0.39, 0.29) is 35.4 Å². The lowest BCUT2D eigenvalue weighted by atomic mass is 9.82. The van der Waals surface area contributed by atoms with E-state index >= 15 is 0 Å². The van der Waals surface area contributed by atoms with Gasteiger partial charge in [-0.3, -0.25) is 15.2 Å². The van der Waals surface area contributed by atoms with Crippen molar-refractivity contribution in [3.05, 3.63) is 117 Å². The van der Waals surface area contributed by atoms with Crippen molar-refractivity contribution in [3.8, 4) is 29.0 Å². The number of aromatic nitrogens is 2. The van der Waals surface area contributed by atoms with Crippen LogP contribution in [0.2, 0.25) is 0 Å². The molecule has 3 aromatic carbocycles. The Balaban J connectivity index is 1.68. The summed E-state index contributed by atoms with van der Waals surface area (Å²) < 4.78 is 25.3. The second kappa shape index (κ2) is 9.23. The molecule has 36 heavy (non-hydrogen) atoms. The zero-order valence-electron chi connectivity index (χ0n) is 18.6. The van der Waals surface area contributed by atoms with Gasteiger partial charge >= 0.3 is 0 Å². The van der Waals surface area contributed by atoms with Gasteiger partial charge in [-0.1, -0.05) is 42.5 Å². The Morgan fingerprint density at radius 3 is 2.69 bits per heavy atom. The molecule has 0 fully saturated rings. The third-order valence-corrected chi connectivity index (χ3v) is 5.80. The molecule has 0 saturated heterocycles. The molecular weight excluding hydrogens is 465 g/mol. The van der Waals surface area contributed by atoms with Gasteiger partial charge in [-0.2, -0.15) is 5.26 Å². The number of rotatable bonds is 6. The molecular formula is C26H18FN5O4. The van der Waals surface area contributed by atoms with Crippen molar-refractivity contribution in [2.24, 2.45) is 5.73 Å². The van der Waals surface area contributed by atoms with Crippen molar-refractivity contribution in [1.82, 2.24) is 10.2 Å². The second-order valence-corrected chi connectivity index (χ2v) is 8.01. The van der Waals surface area contributed by atoms with Gasteiger partial charge in [0.1, 0.15) is 29.8 Å². The molecule has 1 aliphatic heterocycles. The van der Waals surface area contributed by atoms with Gasteiger partial charge in [-0.15, -0.1) is 5.10 Å². The highest BCUT2D eigenvalue weighted by atomic mass is 19.1. The zero-order chi connectivity index (χ0) is 25.2. The van der Waals surface area contributed by atoms with Crippen molar-refractivity contribution >= 4 is 5.69 Å². The van der Waals surface area contributed by atoms with Crippen LogP contribution in [-0.4, -0.2) is 15.1 Å². The maximum Gasteiger partial charge on any atom is 0.270 e. The first kappa shape index (κ1) is 22.6. The first-order valence-electron chi connectivity index (χ1n) is 10.8. The molecule has 0 aliphatic carbocycles. The summed E-state index contributed by atoms with van der Waals surface area (Å²) >= 11 is 0. The van der Waals surface area contributed by atoms with Crippen LogP contribution in [-0.2, 0) is 6.61 Å². The summed E-state index contributed by atoms with van der Waals surface area (Å²) in [5, 5.41) is 28.8. The van der Waals surface area contributed by atoms with Crippen molar-refractivity contribution < 1.29 is 18.8 Å². The minimum absolute atomic E-state index is 0.00331. The molecule has 0 bridgehead atoms. The number of allylic oxidation sites excluding steroid dienone is 1. The predicted molar refractivity (Wildman–Crippen MR) is 127 cm³/mol. The van der Waals surface area contributed by atoms with Gasteiger partial charge in [0.25, 0.3) is 5.69 Å². The standard InChI is InChI=1S/C26H18FN5O4/c27-17-8-4-5-15(11-17)14-35-21-10-9-18(32(33)34)12-19(21)22-20(13-28)25(29)36-26-23(22)24(30-31-26)16-6-2-1-3-7-16/h1-12,22H,14,29H2,(H,30,31)/t22-/m0/s1. The zero-order valence-corrected chi connectivity index (χ0v) is 18.6. The van der Waals surface area contributed by atoms with Crippen LogP contribution in [0, 0.1) is 27.3 Å². The molecule has 0 amide bonds. The average Bonchev–Trinajstić information content (AvgIpc) is 3.30. The average molecular weight is 483 g/mol. The number of aromatic amines is 1. The summed E-state index contributed by atoms with van der Waals surface area (Å²) in [6.07, 6.45) is 0. The number of nitrogens with zero attached hydrogens (tertiary/aromatic N) is 3.